The van der Waals surface area contributed by atoms with Crippen LogP contribution in [0.4, 0.5) is 5.69 Å². The van der Waals surface area contributed by atoms with E-state index >= 15 is 0 Å². The quantitative estimate of drug-likeness (QED) is 0.819. The van der Waals surface area contributed by atoms with Gasteiger partial charge in [-0.25, -0.2) is 0 Å². The number of aromatic nitrogens is 1. The van der Waals surface area contributed by atoms with Crippen molar-refractivity contribution in [3.63, 3.8) is 0 Å². The van der Waals surface area contributed by atoms with E-state index in [0.29, 0.717) is 5.69 Å². The van der Waals surface area contributed by atoms with E-state index in [4.69, 9.17) is 0 Å². The molecule has 0 saturated carbocycles. The highest BCUT2D eigenvalue weighted by atomic mass is 16.3. The minimum Gasteiger partial charge on any atom is -0.394 e. The highest BCUT2D eigenvalue weighted by Gasteiger charge is 2.28. The molecule has 0 aliphatic carbocycles. The Kier molecular flexibility index (Phi) is 4.07. The van der Waals surface area contributed by atoms with Gasteiger partial charge in [0.15, 0.2) is 0 Å². The molecule has 17 heavy (non-hydrogen) atoms. The van der Waals surface area contributed by atoms with Crippen LogP contribution in [0.15, 0.2) is 18.3 Å². The van der Waals surface area contributed by atoms with Gasteiger partial charge < -0.3 is 15.3 Å². The van der Waals surface area contributed by atoms with E-state index in [1.54, 1.807) is 46.3 Å². The number of aliphatic hydroxyl groups is 1. The van der Waals surface area contributed by atoms with Crippen LogP contribution >= 0.6 is 0 Å². The number of likely N-dealkylation sites (N-methyl/N-ethyl adjacent to an activating group) is 1. The average molecular weight is 237 g/mol. The number of rotatable bonds is 4. The lowest BCUT2D eigenvalue weighted by atomic mass is 10.0. The summed E-state index contributed by atoms with van der Waals surface area (Å²) in [6, 6.07) is 3.47. The molecule has 0 fully saturated rings. The van der Waals surface area contributed by atoms with E-state index < -0.39 is 5.54 Å². The predicted octanol–water partition coefficient (Wildman–Crippen LogP) is 0.966. The predicted molar refractivity (Wildman–Crippen MR) is 67.0 cm³/mol. The SMILES string of the molecule is CNc1ccnc(C(=O)N(C)C(C)(C)CO)c1. The molecule has 0 aromatic carbocycles. The van der Waals surface area contributed by atoms with Crippen molar-refractivity contribution >= 4 is 11.6 Å². The lowest BCUT2D eigenvalue weighted by Gasteiger charge is -2.33. The molecule has 1 amide bonds. The number of nitrogens with one attached hydrogen (secondary N) is 1. The van der Waals surface area contributed by atoms with Crippen molar-refractivity contribution in [3.05, 3.63) is 24.0 Å². The number of aliphatic hydroxyl groups excluding tert-OH is 1. The summed E-state index contributed by atoms with van der Waals surface area (Å²) in [5, 5.41) is 12.2. The van der Waals surface area contributed by atoms with Crippen LogP contribution in [0.25, 0.3) is 0 Å². The standard InChI is InChI=1S/C12H19N3O2/c1-12(2,8-16)15(4)11(17)10-7-9(13-3)5-6-14-10/h5-7,16H,8H2,1-4H3,(H,13,14). The van der Waals surface area contributed by atoms with Crippen LogP contribution in [0.1, 0.15) is 24.3 Å². The first-order valence-corrected chi connectivity index (χ1v) is 5.45. The maximum atomic E-state index is 12.1. The first-order chi connectivity index (χ1) is 7.92. The molecule has 0 aliphatic rings. The molecule has 5 nitrogen and oxygen atoms in total. The molecule has 1 rings (SSSR count). The first-order valence-electron chi connectivity index (χ1n) is 5.45. The minimum atomic E-state index is -0.603. The van der Waals surface area contributed by atoms with E-state index in [0.717, 1.165) is 5.69 Å². The molecule has 1 aromatic heterocycles. The van der Waals surface area contributed by atoms with Gasteiger partial charge in [0, 0.05) is 26.0 Å². The van der Waals surface area contributed by atoms with Crippen LogP contribution in [-0.4, -0.2) is 47.1 Å². The van der Waals surface area contributed by atoms with E-state index in [9.17, 15) is 9.90 Å². The molecule has 94 valence electrons. The van der Waals surface area contributed by atoms with Crippen LogP contribution in [0, 0.1) is 0 Å². The third kappa shape index (κ3) is 2.94. The van der Waals surface area contributed by atoms with Gasteiger partial charge >= 0.3 is 0 Å². The van der Waals surface area contributed by atoms with Gasteiger partial charge in [-0.3, -0.25) is 9.78 Å². The molecule has 1 aromatic rings. The van der Waals surface area contributed by atoms with Gasteiger partial charge in [0.05, 0.1) is 12.1 Å². The Morgan fingerprint density at radius 1 is 1.59 bits per heavy atom. The van der Waals surface area contributed by atoms with Gasteiger partial charge in [0.25, 0.3) is 5.91 Å². The fourth-order valence-electron chi connectivity index (χ4n) is 1.26. The smallest absolute Gasteiger partial charge is 0.272 e. The van der Waals surface area contributed by atoms with Crippen molar-refractivity contribution in [2.45, 2.75) is 19.4 Å². The number of hydrogen-bond donors (Lipinski definition) is 2. The highest BCUT2D eigenvalue weighted by Crippen LogP contribution is 2.15. The lowest BCUT2D eigenvalue weighted by Crippen LogP contribution is -2.47. The number of carbonyl (C=O) groups is 1. The normalized spacial score (nSPS) is 11.1. The summed E-state index contributed by atoms with van der Waals surface area (Å²) in [4.78, 5) is 17.7. The first kappa shape index (κ1) is 13.4. The second kappa shape index (κ2) is 5.14. The number of carbonyl (C=O) groups excluding carboxylic acids is 1. The molecular formula is C12H19N3O2. The molecule has 2 N–H and O–H groups in total. The molecule has 0 bridgehead atoms. The van der Waals surface area contributed by atoms with Crippen molar-refractivity contribution < 1.29 is 9.90 Å². The van der Waals surface area contributed by atoms with Crippen molar-refractivity contribution in [1.29, 1.82) is 0 Å². The van der Waals surface area contributed by atoms with E-state index in [1.165, 1.54) is 4.90 Å². The van der Waals surface area contributed by atoms with Crippen molar-refractivity contribution in [3.8, 4) is 0 Å². The Labute approximate surface area is 101 Å². The van der Waals surface area contributed by atoms with Crippen molar-refractivity contribution in [2.75, 3.05) is 26.0 Å². The van der Waals surface area contributed by atoms with Crippen molar-refractivity contribution in [1.82, 2.24) is 9.88 Å². The largest absolute Gasteiger partial charge is 0.394 e. The molecule has 0 spiro atoms. The summed E-state index contributed by atoms with van der Waals surface area (Å²) in [6.07, 6.45) is 1.58. The maximum absolute atomic E-state index is 12.1. The summed E-state index contributed by atoms with van der Waals surface area (Å²) >= 11 is 0. The van der Waals surface area contributed by atoms with Crippen molar-refractivity contribution in [2.24, 2.45) is 0 Å². The summed E-state index contributed by atoms with van der Waals surface area (Å²) in [5.41, 5.74) is 0.591. The maximum Gasteiger partial charge on any atom is 0.272 e. The molecule has 0 radical (unpaired) electrons. The summed E-state index contributed by atoms with van der Waals surface area (Å²) in [7, 11) is 3.44. The van der Waals surface area contributed by atoms with Gasteiger partial charge in [-0.1, -0.05) is 0 Å². The summed E-state index contributed by atoms with van der Waals surface area (Å²) in [5.74, 6) is -0.207. The monoisotopic (exact) mass is 237 g/mol. The van der Waals surface area contributed by atoms with E-state index in [2.05, 4.69) is 10.3 Å². The van der Waals surface area contributed by atoms with Crippen LogP contribution in [-0.2, 0) is 0 Å². The third-order valence-electron chi connectivity index (χ3n) is 2.87. The van der Waals surface area contributed by atoms with Gasteiger partial charge in [-0.15, -0.1) is 0 Å². The zero-order valence-corrected chi connectivity index (χ0v) is 10.7. The van der Waals surface area contributed by atoms with Gasteiger partial charge in [-0.2, -0.15) is 0 Å². The Hall–Kier alpha value is -1.62. The Morgan fingerprint density at radius 2 is 2.24 bits per heavy atom. The third-order valence-corrected chi connectivity index (χ3v) is 2.87. The average Bonchev–Trinajstić information content (AvgIpc) is 2.37. The fraction of sp³-hybridized carbons (Fsp3) is 0.500. The summed E-state index contributed by atoms with van der Waals surface area (Å²) < 4.78 is 0. The molecule has 5 heteroatoms. The highest BCUT2D eigenvalue weighted by molar-refractivity contribution is 5.93. The zero-order chi connectivity index (χ0) is 13.1. The summed E-state index contributed by atoms with van der Waals surface area (Å²) in [6.45, 7) is 3.50. The van der Waals surface area contributed by atoms with Crippen LogP contribution in [0.3, 0.4) is 0 Å². The van der Waals surface area contributed by atoms with Crippen LogP contribution in [0.2, 0.25) is 0 Å². The molecule has 0 aliphatic heterocycles. The van der Waals surface area contributed by atoms with Gasteiger partial charge in [0.1, 0.15) is 5.69 Å². The van der Waals surface area contributed by atoms with Crippen LogP contribution < -0.4 is 5.32 Å². The second-order valence-electron chi connectivity index (χ2n) is 4.51. The number of pyridine rings is 1. The topological polar surface area (TPSA) is 65.5 Å². The number of nitrogens with zero attached hydrogens (tertiary/aromatic N) is 2. The minimum absolute atomic E-state index is 0.0963. The number of hydrogen-bond acceptors (Lipinski definition) is 4. The Balaban J connectivity index is 2.96. The second-order valence-corrected chi connectivity index (χ2v) is 4.51. The fourth-order valence-corrected chi connectivity index (χ4v) is 1.26. The lowest BCUT2D eigenvalue weighted by molar-refractivity contribution is 0.0468. The van der Waals surface area contributed by atoms with Gasteiger partial charge in [0.2, 0.25) is 0 Å². The molecule has 0 saturated heterocycles. The van der Waals surface area contributed by atoms with Crippen LogP contribution in [0.5, 0.6) is 0 Å². The van der Waals surface area contributed by atoms with E-state index in [-0.39, 0.29) is 12.5 Å². The number of amides is 1. The molecule has 0 atom stereocenters. The number of anilines is 1. The van der Waals surface area contributed by atoms with Gasteiger partial charge in [-0.05, 0) is 26.0 Å². The molecular weight excluding hydrogens is 218 g/mol. The Bertz CT molecular complexity index is 404. The zero-order valence-electron chi connectivity index (χ0n) is 10.7. The molecule has 1 heterocycles. The van der Waals surface area contributed by atoms with E-state index in [1.807, 2.05) is 0 Å². The molecule has 0 unspecified atom stereocenters. The Morgan fingerprint density at radius 3 is 2.76 bits per heavy atom.